The molecule has 2 heterocycles. The van der Waals surface area contributed by atoms with Crippen LogP contribution in [0.25, 0.3) is 0 Å². The summed E-state index contributed by atoms with van der Waals surface area (Å²) in [6.07, 6.45) is 4.68. The highest BCUT2D eigenvalue weighted by molar-refractivity contribution is 7.89. The van der Waals surface area contributed by atoms with E-state index in [0.29, 0.717) is 18.5 Å². The molecule has 53 heavy (non-hydrogen) atoms. The molecule has 292 valence electrons. The highest BCUT2D eigenvalue weighted by atomic mass is 32.2. The molecule has 1 aromatic carbocycles. The van der Waals surface area contributed by atoms with Crippen LogP contribution in [0, 0.1) is 34.0 Å². The summed E-state index contributed by atoms with van der Waals surface area (Å²) in [5.41, 5.74) is -0.848. The van der Waals surface area contributed by atoms with Gasteiger partial charge in [0, 0.05) is 32.2 Å². The second-order valence-electron chi connectivity index (χ2n) is 18.1. The van der Waals surface area contributed by atoms with E-state index in [1.54, 1.807) is 24.3 Å². The molecule has 1 saturated heterocycles. The first-order chi connectivity index (χ1) is 24.6. The summed E-state index contributed by atoms with van der Waals surface area (Å²) in [6.45, 7) is 19.6. The van der Waals surface area contributed by atoms with Crippen LogP contribution in [0.15, 0.2) is 41.8 Å². The van der Waals surface area contributed by atoms with Crippen LogP contribution in [-0.4, -0.2) is 91.0 Å². The fraction of sp³-hybridized carbons (Fsp3) is 0.667. The third-order valence-corrected chi connectivity index (χ3v) is 13.8. The number of piperidine rings is 1. The number of carbonyl (C=O) groups excluding carboxylic acids is 5. The van der Waals surface area contributed by atoms with Crippen molar-refractivity contribution >= 4 is 39.6 Å². The van der Waals surface area contributed by atoms with Gasteiger partial charge in [0.2, 0.25) is 27.6 Å². The Morgan fingerprint density at radius 1 is 0.981 bits per heavy atom. The number of Topliss-reactive ketones (excluding diaryl/α,β-unsaturated/α-hetero) is 1. The third-order valence-electron chi connectivity index (χ3n) is 11.9. The number of benzene rings is 1. The number of rotatable bonds is 13. The van der Waals surface area contributed by atoms with Gasteiger partial charge in [-0.2, -0.15) is 4.31 Å². The number of fused-ring (bicyclic) bond motifs is 2. The minimum absolute atomic E-state index is 0.0290. The van der Waals surface area contributed by atoms with Crippen LogP contribution in [0.1, 0.15) is 86.6 Å². The fourth-order valence-corrected chi connectivity index (χ4v) is 9.77. The van der Waals surface area contributed by atoms with Crippen molar-refractivity contribution in [2.24, 2.45) is 34.0 Å². The molecule has 2 saturated carbocycles. The predicted molar refractivity (Wildman–Crippen MR) is 201 cm³/mol. The van der Waals surface area contributed by atoms with E-state index in [-0.39, 0.29) is 47.7 Å². The molecule has 5 amide bonds. The maximum Gasteiger partial charge on any atom is 0.315 e. The largest absolute Gasteiger partial charge is 0.346 e. The van der Waals surface area contributed by atoms with Crippen LogP contribution in [0.4, 0.5) is 4.79 Å². The third kappa shape index (κ3) is 8.33. The van der Waals surface area contributed by atoms with Crippen molar-refractivity contribution in [2.75, 3.05) is 19.6 Å². The Kier molecular flexibility index (Phi) is 11.3. The maximum atomic E-state index is 14.5. The molecule has 4 aliphatic rings. The van der Waals surface area contributed by atoms with Crippen molar-refractivity contribution in [3.63, 3.8) is 0 Å². The number of urea groups is 1. The molecule has 0 aromatic heterocycles. The molecular formula is C39H58N6O7S. The molecule has 3 fully saturated rings. The van der Waals surface area contributed by atoms with Gasteiger partial charge in [0.1, 0.15) is 12.1 Å². The summed E-state index contributed by atoms with van der Waals surface area (Å²) in [4.78, 5) is 70.3. The predicted octanol–water partition coefficient (Wildman–Crippen LogP) is 3.35. The van der Waals surface area contributed by atoms with Gasteiger partial charge < -0.3 is 26.2 Å². The van der Waals surface area contributed by atoms with E-state index < -0.39 is 74.6 Å². The number of hydrogen-bond acceptors (Lipinski definition) is 7. The number of nitrogens with zero attached hydrogens (tertiary/aromatic N) is 2. The second kappa shape index (κ2) is 14.8. The van der Waals surface area contributed by atoms with Crippen LogP contribution in [0.5, 0.6) is 0 Å². The van der Waals surface area contributed by atoms with Crippen molar-refractivity contribution in [1.29, 1.82) is 0 Å². The Bertz CT molecular complexity index is 1740. The molecule has 1 aromatic rings. The van der Waals surface area contributed by atoms with Gasteiger partial charge in [0.15, 0.2) is 0 Å². The molecule has 2 aliphatic carbocycles. The number of nitrogens with one attached hydrogen (secondary N) is 4. The topological polar surface area (TPSA) is 174 Å². The standard InChI is InChI=1S/C39H58N6O7S/c1-10-18-40-34(48)31(46)26(19-23-14-13-15-23)41-33(47)30-29-25(39(29,8)9)21-45(30)35(49)32(38(5,6)7)43-36(50)42-28(37(2,3)4)22-44-20-24-16-11-12-17-27(24)53(44,51)52/h10-12,16-17,23,25-26,28-30,32H,1,13-15,18-22H2,2-9H3,(H,40,48)(H,41,47)(H2,42,43,50)/t25-,26?,28+,29-,30-,32+/m0/s1. The van der Waals surface area contributed by atoms with E-state index in [1.165, 1.54) is 15.3 Å². The summed E-state index contributed by atoms with van der Waals surface area (Å²) >= 11 is 0. The molecule has 6 atom stereocenters. The van der Waals surface area contributed by atoms with Gasteiger partial charge in [0.25, 0.3) is 5.91 Å². The van der Waals surface area contributed by atoms with Crippen LogP contribution in [0.2, 0.25) is 0 Å². The smallest absolute Gasteiger partial charge is 0.315 e. The lowest BCUT2D eigenvalue weighted by atomic mass is 9.80. The summed E-state index contributed by atoms with van der Waals surface area (Å²) in [5.74, 6) is -2.32. The van der Waals surface area contributed by atoms with Crippen molar-refractivity contribution in [3.8, 4) is 0 Å². The van der Waals surface area contributed by atoms with Gasteiger partial charge in [0.05, 0.1) is 10.9 Å². The lowest BCUT2D eigenvalue weighted by Gasteiger charge is -2.39. The lowest BCUT2D eigenvalue weighted by Crippen LogP contribution is -2.62. The Morgan fingerprint density at radius 3 is 2.21 bits per heavy atom. The first-order valence-corrected chi connectivity index (χ1v) is 20.2. The molecule has 1 unspecified atom stereocenters. The second-order valence-corrected chi connectivity index (χ2v) is 20.0. The maximum absolute atomic E-state index is 14.5. The molecule has 5 rings (SSSR count). The zero-order chi connectivity index (χ0) is 39.3. The van der Waals surface area contributed by atoms with Gasteiger partial charge in [-0.15, -0.1) is 6.58 Å². The van der Waals surface area contributed by atoms with Crippen molar-refractivity contribution in [1.82, 2.24) is 30.5 Å². The highest BCUT2D eigenvalue weighted by Crippen LogP contribution is 2.65. The Balaban J connectivity index is 1.33. The highest BCUT2D eigenvalue weighted by Gasteiger charge is 2.70. The average Bonchev–Trinajstić information content (AvgIpc) is 3.31. The van der Waals surface area contributed by atoms with Crippen LogP contribution >= 0.6 is 0 Å². The van der Waals surface area contributed by atoms with E-state index in [9.17, 15) is 32.4 Å². The molecule has 13 nitrogen and oxygen atoms in total. The minimum Gasteiger partial charge on any atom is -0.346 e. The Hall–Kier alpha value is -3.78. The summed E-state index contributed by atoms with van der Waals surface area (Å²) in [5, 5.41) is 11.3. The van der Waals surface area contributed by atoms with Crippen LogP contribution in [-0.2, 0) is 35.7 Å². The summed E-state index contributed by atoms with van der Waals surface area (Å²) in [7, 11) is -3.75. The molecule has 14 heteroatoms. The lowest BCUT2D eigenvalue weighted by molar-refractivity contribution is -0.145. The molecule has 0 spiro atoms. The summed E-state index contributed by atoms with van der Waals surface area (Å²) < 4.78 is 28.1. The Labute approximate surface area is 314 Å². The van der Waals surface area contributed by atoms with Crippen LogP contribution < -0.4 is 21.3 Å². The van der Waals surface area contributed by atoms with E-state index in [1.807, 2.05) is 41.5 Å². The number of sulfonamides is 1. The van der Waals surface area contributed by atoms with E-state index in [4.69, 9.17) is 0 Å². The first-order valence-electron chi connectivity index (χ1n) is 18.8. The molecule has 0 bridgehead atoms. The number of amides is 5. The Morgan fingerprint density at radius 2 is 1.64 bits per heavy atom. The van der Waals surface area contributed by atoms with E-state index >= 15 is 0 Å². The number of likely N-dealkylation sites (tertiary alicyclic amines) is 1. The molecule has 0 radical (unpaired) electrons. The van der Waals surface area contributed by atoms with Gasteiger partial charge in [-0.1, -0.05) is 98.9 Å². The fourth-order valence-electron chi connectivity index (χ4n) is 8.12. The minimum atomic E-state index is -3.75. The van der Waals surface area contributed by atoms with Crippen molar-refractivity contribution in [3.05, 3.63) is 42.5 Å². The zero-order valence-corrected chi connectivity index (χ0v) is 33.3. The number of hydrogen-bond donors (Lipinski definition) is 4. The van der Waals surface area contributed by atoms with E-state index in [0.717, 1.165) is 19.3 Å². The van der Waals surface area contributed by atoms with Gasteiger partial charge in [-0.3, -0.25) is 19.2 Å². The van der Waals surface area contributed by atoms with Gasteiger partial charge in [-0.25, -0.2) is 13.2 Å². The quantitative estimate of drug-likeness (QED) is 0.177. The van der Waals surface area contributed by atoms with Crippen LogP contribution in [0.3, 0.4) is 0 Å². The van der Waals surface area contributed by atoms with Crippen molar-refractivity contribution < 1.29 is 32.4 Å². The number of carbonyl (C=O) groups is 5. The summed E-state index contributed by atoms with van der Waals surface area (Å²) in [6, 6.07) is 2.64. The SMILES string of the molecule is C=CCNC(=O)C(=O)C(CC1CCC1)NC(=O)[C@@H]1[C@@H]2[C@H](CN1C(=O)[C@@H](NC(=O)N[C@H](CN1Cc3ccccc3S1(=O)=O)C(C)(C)C)C(C)(C)C)C2(C)C. The normalized spacial score (nSPS) is 24.8. The molecule has 2 aliphatic heterocycles. The van der Waals surface area contributed by atoms with Gasteiger partial charge in [-0.05, 0) is 52.0 Å². The number of ketones is 1. The average molecular weight is 755 g/mol. The molecular weight excluding hydrogens is 697 g/mol. The van der Waals surface area contributed by atoms with Gasteiger partial charge >= 0.3 is 6.03 Å². The molecule has 4 N–H and O–H groups in total. The zero-order valence-electron chi connectivity index (χ0n) is 32.5. The van der Waals surface area contributed by atoms with Crippen molar-refractivity contribution in [2.45, 2.75) is 117 Å². The first kappa shape index (κ1) is 40.4. The van der Waals surface area contributed by atoms with E-state index in [2.05, 4.69) is 41.7 Å². The monoisotopic (exact) mass is 754 g/mol.